The standard InChI is InChI=1S/C21H25N3O3/c1-15-3-4-16(2)18(13-15)23-19-14-17(5-8-22-19)20(25)24-9-6-21(7-10-24)26-11-12-27-21/h3-5,8,13-14H,6-7,9-12H2,1-2H3,(H,22,23). The highest BCUT2D eigenvalue weighted by Gasteiger charge is 2.40. The van der Waals surface area contributed by atoms with E-state index in [1.165, 1.54) is 5.56 Å². The molecule has 2 aliphatic rings. The fourth-order valence-electron chi connectivity index (χ4n) is 3.66. The molecular formula is C21H25N3O3. The second-order valence-corrected chi connectivity index (χ2v) is 7.27. The Hall–Kier alpha value is -2.44. The summed E-state index contributed by atoms with van der Waals surface area (Å²) in [7, 11) is 0. The number of hydrogen-bond donors (Lipinski definition) is 1. The SMILES string of the molecule is Cc1ccc(C)c(Nc2cc(C(=O)N3CCC4(CC3)OCCO4)ccn2)c1. The van der Waals surface area contributed by atoms with Crippen LogP contribution in [0.2, 0.25) is 0 Å². The minimum Gasteiger partial charge on any atom is -0.347 e. The largest absolute Gasteiger partial charge is 0.347 e. The van der Waals surface area contributed by atoms with Crippen molar-refractivity contribution in [1.29, 1.82) is 0 Å². The molecule has 3 heterocycles. The Balaban J connectivity index is 1.46. The molecule has 2 fully saturated rings. The Morgan fingerprint density at radius 1 is 1.11 bits per heavy atom. The van der Waals surface area contributed by atoms with Crippen LogP contribution in [0.25, 0.3) is 0 Å². The predicted octanol–water partition coefficient (Wildman–Crippen LogP) is 3.42. The van der Waals surface area contributed by atoms with Gasteiger partial charge in [-0.15, -0.1) is 0 Å². The van der Waals surface area contributed by atoms with Gasteiger partial charge < -0.3 is 19.7 Å². The van der Waals surface area contributed by atoms with Gasteiger partial charge in [-0.25, -0.2) is 4.98 Å². The predicted molar refractivity (Wildman–Crippen MR) is 103 cm³/mol. The number of nitrogens with one attached hydrogen (secondary N) is 1. The van der Waals surface area contributed by atoms with Gasteiger partial charge in [0.1, 0.15) is 5.82 Å². The Labute approximate surface area is 159 Å². The first kappa shape index (κ1) is 17.9. The van der Waals surface area contributed by atoms with E-state index in [2.05, 4.69) is 35.4 Å². The average molecular weight is 367 g/mol. The maximum absolute atomic E-state index is 12.9. The zero-order valence-corrected chi connectivity index (χ0v) is 15.8. The number of nitrogens with zero attached hydrogens (tertiary/aromatic N) is 2. The first-order valence-electron chi connectivity index (χ1n) is 9.42. The Morgan fingerprint density at radius 2 is 1.85 bits per heavy atom. The molecule has 2 aliphatic heterocycles. The molecule has 1 spiro atoms. The Bertz CT molecular complexity index is 836. The topological polar surface area (TPSA) is 63.7 Å². The van der Waals surface area contributed by atoms with Crippen LogP contribution in [0, 0.1) is 13.8 Å². The minimum atomic E-state index is -0.468. The molecule has 2 saturated heterocycles. The van der Waals surface area contributed by atoms with Crippen LogP contribution in [0.3, 0.4) is 0 Å². The third kappa shape index (κ3) is 3.82. The second-order valence-electron chi connectivity index (χ2n) is 7.27. The number of anilines is 2. The number of aryl methyl sites for hydroxylation is 2. The van der Waals surface area contributed by atoms with Crippen molar-refractivity contribution in [2.45, 2.75) is 32.5 Å². The lowest BCUT2D eigenvalue weighted by molar-refractivity contribution is -0.181. The molecule has 0 unspecified atom stereocenters. The van der Waals surface area contributed by atoms with Crippen LogP contribution in [0.5, 0.6) is 0 Å². The summed E-state index contributed by atoms with van der Waals surface area (Å²) in [5.74, 6) is 0.226. The smallest absolute Gasteiger partial charge is 0.254 e. The molecule has 6 heteroatoms. The van der Waals surface area contributed by atoms with E-state index in [1.54, 1.807) is 12.3 Å². The molecule has 4 rings (SSSR count). The maximum atomic E-state index is 12.9. The minimum absolute atomic E-state index is 0.0225. The van der Waals surface area contributed by atoms with Gasteiger partial charge in [0, 0.05) is 43.4 Å². The highest BCUT2D eigenvalue weighted by Crippen LogP contribution is 2.32. The van der Waals surface area contributed by atoms with Crippen molar-refractivity contribution in [2.75, 3.05) is 31.6 Å². The van der Waals surface area contributed by atoms with Crippen LogP contribution in [0.1, 0.15) is 34.3 Å². The van der Waals surface area contributed by atoms with Crippen LogP contribution in [0.4, 0.5) is 11.5 Å². The van der Waals surface area contributed by atoms with Gasteiger partial charge in [0.05, 0.1) is 13.2 Å². The number of amides is 1. The van der Waals surface area contributed by atoms with Crippen molar-refractivity contribution < 1.29 is 14.3 Å². The lowest BCUT2D eigenvalue weighted by Crippen LogP contribution is -2.47. The molecule has 0 saturated carbocycles. The number of aromatic nitrogens is 1. The van der Waals surface area contributed by atoms with Gasteiger partial charge in [0.2, 0.25) is 0 Å². The number of likely N-dealkylation sites (tertiary alicyclic amines) is 1. The van der Waals surface area contributed by atoms with Gasteiger partial charge in [-0.1, -0.05) is 12.1 Å². The Kier molecular flexibility index (Phi) is 4.85. The third-order valence-electron chi connectivity index (χ3n) is 5.29. The van der Waals surface area contributed by atoms with E-state index in [1.807, 2.05) is 17.9 Å². The number of rotatable bonds is 3. The summed E-state index contributed by atoms with van der Waals surface area (Å²) in [5, 5.41) is 3.33. The summed E-state index contributed by atoms with van der Waals surface area (Å²) >= 11 is 0. The van der Waals surface area contributed by atoms with Crippen LogP contribution >= 0.6 is 0 Å². The fraction of sp³-hybridized carbons (Fsp3) is 0.429. The van der Waals surface area contributed by atoms with E-state index < -0.39 is 5.79 Å². The third-order valence-corrected chi connectivity index (χ3v) is 5.29. The van der Waals surface area contributed by atoms with Crippen molar-refractivity contribution in [2.24, 2.45) is 0 Å². The molecule has 27 heavy (non-hydrogen) atoms. The molecule has 0 atom stereocenters. The summed E-state index contributed by atoms with van der Waals surface area (Å²) < 4.78 is 11.5. The summed E-state index contributed by atoms with van der Waals surface area (Å²) in [6.07, 6.45) is 3.12. The quantitative estimate of drug-likeness (QED) is 0.901. The number of hydrogen-bond acceptors (Lipinski definition) is 5. The van der Waals surface area contributed by atoms with Crippen LogP contribution < -0.4 is 5.32 Å². The molecule has 0 bridgehead atoms. The monoisotopic (exact) mass is 367 g/mol. The van der Waals surface area contributed by atoms with Gasteiger partial charge in [-0.3, -0.25) is 4.79 Å². The van der Waals surface area contributed by atoms with Gasteiger partial charge in [-0.2, -0.15) is 0 Å². The molecule has 142 valence electrons. The average Bonchev–Trinajstić information content (AvgIpc) is 3.13. The van der Waals surface area contributed by atoms with Gasteiger partial charge in [0.25, 0.3) is 5.91 Å². The molecule has 2 aromatic rings. The van der Waals surface area contributed by atoms with Crippen molar-refractivity contribution >= 4 is 17.4 Å². The molecule has 1 aromatic heterocycles. The summed E-state index contributed by atoms with van der Waals surface area (Å²) in [5.41, 5.74) is 3.95. The van der Waals surface area contributed by atoms with E-state index in [0.717, 1.165) is 24.1 Å². The molecule has 6 nitrogen and oxygen atoms in total. The number of piperidine rings is 1. The second kappa shape index (κ2) is 7.29. The molecule has 0 aliphatic carbocycles. The van der Waals surface area contributed by atoms with E-state index in [-0.39, 0.29) is 5.91 Å². The first-order chi connectivity index (χ1) is 13.0. The molecule has 0 radical (unpaired) electrons. The summed E-state index contributed by atoms with van der Waals surface area (Å²) in [6.45, 7) is 6.67. The van der Waals surface area contributed by atoms with Gasteiger partial charge in [-0.05, 0) is 43.2 Å². The first-order valence-corrected chi connectivity index (χ1v) is 9.42. The van der Waals surface area contributed by atoms with Gasteiger partial charge in [0.15, 0.2) is 5.79 Å². The lowest BCUT2D eigenvalue weighted by atomic mass is 10.0. The molecular weight excluding hydrogens is 342 g/mol. The van der Waals surface area contributed by atoms with E-state index >= 15 is 0 Å². The van der Waals surface area contributed by atoms with E-state index in [9.17, 15) is 4.79 Å². The maximum Gasteiger partial charge on any atom is 0.254 e. The highest BCUT2D eigenvalue weighted by atomic mass is 16.7. The van der Waals surface area contributed by atoms with Crippen LogP contribution in [0.15, 0.2) is 36.5 Å². The molecule has 1 aromatic carbocycles. The Morgan fingerprint density at radius 3 is 2.59 bits per heavy atom. The van der Waals surface area contributed by atoms with E-state index in [0.29, 0.717) is 37.7 Å². The normalized spacial score (nSPS) is 18.7. The van der Waals surface area contributed by atoms with Crippen molar-refractivity contribution in [3.05, 3.63) is 53.2 Å². The van der Waals surface area contributed by atoms with Crippen molar-refractivity contribution in [3.8, 4) is 0 Å². The highest BCUT2D eigenvalue weighted by molar-refractivity contribution is 5.95. The summed E-state index contributed by atoms with van der Waals surface area (Å²) in [6, 6.07) is 9.82. The molecule has 1 N–H and O–H groups in total. The van der Waals surface area contributed by atoms with Crippen molar-refractivity contribution in [1.82, 2.24) is 9.88 Å². The number of carbonyl (C=O) groups is 1. The zero-order chi connectivity index (χ0) is 18.9. The lowest BCUT2D eigenvalue weighted by Gasteiger charge is -2.37. The number of ether oxygens (including phenoxy) is 2. The van der Waals surface area contributed by atoms with Crippen LogP contribution in [-0.4, -0.2) is 47.9 Å². The van der Waals surface area contributed by atoms with Crippen molar-refractivity contribution in [3.63, 3.8) is 0 Å². The van der Waals surface area contributed by atoms with Gasteiger partial charge >= 0.3 is 0 Å². The number of benzene rings is 1. The fourth-order valence-corrected chi connectivity index (χ4v) is 3.66. The van der Waals surface area contributed by atoms with E-state index in [4.69, 9.17) is 9.47 Å². The van der Waals surface area contributed by atoms with Crippen LogP contribution in [-0.2, 0) is 9.47 Å². The molecule has 1 amide bonds. The summed E-state index contributed by atoms with van der Waals surface area (Å²) in [4.78, 5) is 19.2. The number of pyridine rings is 1. The number of carbonyl (C=O) groups excluding carboxylic acids is 1. The zero-order valence-electron chi connectivity index (χ0n) is 15.8.